The van der Waals surface area contributed by atoms with Gasteiger partial charge in [0.2, 0.25) is 23.6 Å². The van der Waals surface area contributed by atoms with Gasteiger partial charge in [-0.3, -0.25) is 19.2 Å². The molecule has 2 aliphatic heterocycles. The predicted molar refractivity (Wildman–Crippen MR) is 232 cm³/mol. The summed E-state index contributed by atoms with van der Waals surface area (Å²) in [6, 6.07) is 17.3. The number of ether oxygens (including phenoxy) is 2. The fraction of sp³-hybridized carbons (Fsp3) is 0.489. The molecule has 7 rings (SSSR count). The van der Waals surface area contributed by atoms with Crippen molar-refractivity contribution in [1.29, 1.82) is 0 Å². The summed E-state index contributed by atoms with van der Waals surface area (Å²) in [7, 11) is 2.51. The van der Waals surface area contributed by atoms with Gasteiger partial charge >= 0.3 is 12.2 Å². The molecule has 2 bridgehead atoms. The average molecular weight is 835 g/mol. The average Bonchev–Trinajstić information content (AvgIpc) is 4.10. The number of benzene rings is 3. The van der Waals surface area contributed by atoms with Crippen LogP contribution in [0.15, 0.2) is 60.7 Å². The van der Waals surface area contributed by atoms with Crippen LogP contribution >= 0.6 is 0 Å². The van der Waals surface area contributed by atoms with E-state index >= 15 is 0 Å². The number of carbonyl (C=O) groups is 6. The third-order valence-electron chi connectivity index (χ3n) is 12.9. The minimum Gasteiger partial charge on any atom is -0.453 e. The van der Waals surface area contributed by atoms with Crippen LogP contribution in [0.25, 0.3) is 22.3 Å². The van der Waals surface area contributed by atoms with Crippen LogP contribution in [0.4, 0.5) is 21.0 Å². The van der Waals surface area contributed by atoms with E-state index in [2.05, 4.69) is 33.4 Å². The molecule has 14 nitrogen and oxygen atoms in total. The summed E-state index contributed by atoms with van der Waals surface area (Å²) < 4.78 is 9.45. The van der Waals surface area contributed by atoms with Crippen LogP contribution < -0.4 is 21.3 Å². The molecule has 324 valence electrons. The van der Waals surface area contributed by atoms with Crippen LogP contribution in [-0.2, 0) is 28.7 Å². The third-order valence-corrected chi connectivity index (χ3v) is 12.9. The molecule has 3 aromatic rings. The molecule has 6 atom stereocenters. The summed E-state index contributed by atoms with van der Waals surface area (Å²) in [5, 5.41) is 11.3. The Labute approximate surface area is 357 Å². The lowest BCUT2D eigenvalue weighted by Crippen LogP contribution is -2.54. The Bertz CT molecular complexity index is 2000. The van der Waals surface area contributed by atoms with Gasteiger partial charge in [-0.1, -0.05) is 64.1 Å². The first kappa shape index (κ1) is 43.2. The van der Waals surface area contributed by atoms with Crippen LogP contribution in [0.5, 0.6) is 0 Å². The zero-order chi connectivity index (χ0) is 43.5. The first-order valence-electron chi connectivity index (χ1n) is 21.6. The van der Waals surface area contributed by atoms with Gasteiger partial charge in [-0.25, -0.2) is 9.59 Å². The van der Waals surface area contributed by atoms with Gasteiger partial charge in [0.05, 0.1) is 14.2 Å². The standard InChI is InChI=1S/C47H58N6O8/c1-26(2)40(50-46(58)60-5)44(56)52-23-7-9-36(52)42(54)48-32-17-13-28(14-18-32)34-21-22-35(39-31-12-11-30(25-31)38(34)39)29-15-19-33(20-16-29)49-43(55)37-10-8-24-53(37)45(57)41(27(3)4)51-47(59)61-6/h13-22,26-27,30-31,36-37,40-41H,7-12,23-25H2,1-6H3,(H,48,54)(H,49,55)(H,50,58)(H,51,59)/t30?,31?,36-,37-,40-,41-/m0/s1. The Morgan fingerprint density at radius 1 is 0.557 bits per heavy atom. The normalized spacial score (nSPS) is 21.2. The van der Waals surface area contributed by atoms with Crippen molar-refractivity contribution in [2.24, 2.45) is 11.8 Å². The smallest absolute Gasteiger partial charge is 0.407 e. The first-order chi connectivity index (χ1) is 29.3. The number of hydrogen-bond donors (Lipinski definition) is 4. The summed E-state index contributed by atoms with van der Waals surface area (Å²) >= 11 is 0. The number of methoxy groups -OCH3 is 2. The van der Waals surface area contributed by atoms with Gasteiger partial charge in [0, 0.05) is 24.5 Å². The summed E-state index contributed by atoms with van der Waals surface area (Å²) in [4.78, 5) is 81.1. The van der Waals surface area contributed by atoms with Gasteiger partial charge in [0.15, 0.2) is 0 Å². The fourth-order valence-corrected chi connectivity index (χ4v) is 9.81. The second-order valence-electron chi connectivity index (χ2n) is 17.4. The van der Waals surface area contributed by atoms with Gasteiger partial charge in [-0.2, -0.15) is 0 Å². The molecule has 6 amide bonds. The lowest BCUT2D eigenvalue weighted by atomic mass is 9.81. The molecule has 2 aliphatic carbocycles. The molecule has 0 radical (unpaired) electrons. The monoisotopic (exact) mass is 834 g/mol. The van der Waals surface area contributed by atoms with Crippen molar-refractivity contribution in [1.82, 2.24) is 20.4 Å². The molecular formula is C47H58N6O8. The number of amides is 6. The minimum atomic E-state index is -0.799. The largest absolute Gasteiger partial charge is 0.453 e. The lowest BCUT2D eigenvalue weighted by molar-refractivity contribution is -0.139. The summed E-state index contributed by atoms with van der Waals surface area (Å²) in [6.07, 6.45) is 4.50. The molecule has 4 aliphatic rings. The van der Waals surface area contributed by atoms with Crippen molar-refractivity contribution in [2.45, 2.75) is 109 Å². The topological polar surface area (TPSA) is 175 Å². The second-order valence-corrected chi connectivity index (χ2v) is 17.4. The van der Waals surface area contributed by atoms with Crippen molar-refractivity contribution in [3.63, 3.8) is 0 Å². The van der Waals surface area contributed by atoms with Crippen LogP contribution in [-0.4, -0.2) is 97.1 Å². The van der Waals surface area contributed by atoms with E-state index in [1.807, 2.05) is 76.2 Å². The molecule has 2 saturated heterocycles. The molecule has 1 saturated carbocycles. The minimum absolute atomic E-state index is 0.187. The van der Waals surface area contributed by atoms with Gasteiger partial charge in [-0.05, 0) is 126 Å². The number of nitrogens with zero attached hydrogens (tertiary/aromatic N) is 2. The fourth-order valence-electron chi connectivity index (χ4n) is 9.81. The molecule has 4 N–H and O–H groups in total. The number of alkyl carbamates (subject to hydrolysis) is 2. The molecular weight excluding hydrogens is 777 g/mol. The molecule has 2 heterocycles. The number of likely N-dealkylation sites (tertiary alicyclic amines) is 2. The Kier molecular flexibility index (Phi) is 13.0. The Morgan fingerprint density at radius 2 is 0.934 bits per heavy atom. The number of anilines is 2. The van der Waals surface area contributed by atoms with Crippen LogP contribution in [0.2, 0.25) is 0 Å². The van der Waals surface area contributed by atoms with E-state index < -0.39 is 36.4 Å². The molecule has 2 unspecified atom stereocenters. The molecule has 3 fully saturated rings. The van der Waals surface area contributed by atoms with Crippen molar-refractivity contribution < 1.29 is 38.2 Å². The Hall–Kier alpha value is -5.92. The summed E-state index contributed by atoms with van der Waals surface area (Å²) in [5.41, 5.74) is 8.57. The zero-order valence-electron chi connectivity index (χ0n) is 35.9. The maximum atomic E-state index is 13.6. The van der Waals surface area contributed by atoms with E-state index in [1.54, 1.807) is 9.80 Å². The Morgan fingerprint density at radius 3 is 1.28 bits per heavy atom. The number of rotatable bonds is 12. The van der Waals surface area contributed by atoms with Gasteiger partial charge in [0.1, 0.15) is 24.2 Å². The number of hydrogen-bond acceptors (Lipinski definition) is 8. The van der Waals surface area contributed by atoms with E-state index in [4.69, 9.17) is 9.47 Å². The van der Waals surface area contributed by atoms with Crippen LogP contribution in [0.3, 0.4) is 0 Å². The number of carbonyl (C=O) groups excluding carboxylic acids is 6. The lowest BCUT2D eigenvalue weighted by Gasteiger charge is -2.30. The highest BCUT2D eigenvalue weighted by Crippen LogP contribution is 2.58. The molecule has 0 aromatic heterocycles. The van der Waals surface area contributed by atoms with Gasteiger partial charge < -0.3 is 40.5 Å². The van der Waals surface area contributed by atoms with Crippen molar-refractivity contribution in [3.05, 3.63) is 71.8 Å². The maximum absolute atomic E-state index is 13.6. The van der Waals surface area contributed by atoms with Crippen molar-refractivity contribution in [2.75, 3.05) is 37.9 Å². The van der Waals surface area contributed by atoms with Crippen molar-refractivity contribution >= 4 is 47.2 Å². The molecule has 61 heavy (non-hydrogen) atoms. The predicted octanol–water partition coefficient (Wildman–Crippen LogP) is 7.01. The first-order valence-corrected chi connectivity index (χ1v) is 21.6. The van der Waals surface area contributed by atoms with E-state index in [0.717, 1.165) is 30.4 Å². The summed E-state index contributed by atoms with van der Waals surface area (Å²) in [5.74, 6) is -0.539. The highest BCUT2D eigenvalue weighted by atomic mass is 16.5. The van der Waals surface area contributed by atoms with Gasteiger partial charge in [0.25, 0.3) is 0 Å². The third kappa shape index (κ3) is 8.94. The molecule has 0 spiro atoms. The maximum Gasteiger partial charge on any atom is 0.407 e. The highest BCUT2D eigenvalue weighted by molar-refractivity contribution is 6.00. The molecule has 3 aromatic carbocycles. The Balaban J connectivity index is 1.03. The van der Waals surface area contributed by atoms with Crippen LogP contribution in [0, 0.1) is 11.8 Å². The van der Waals surface area contributed by atoms with E-state index in [-0.39, 0.29) is 35.5 Å². The SMILES string of the molecule is COC(=O)N[C@H](C(=O)N1CCC[C@H]1C(=O)Nc1ccc(-c2ccc(-c3ccc(NC(=O)[C@@H]4CCCN4C(=O)[C@@H](NC(=O)OC)C(C)C)cc3)c3c2C2CCC3C2)cc1)C(C)C. The molecule has 14 heteroatoms. The zero-order valence-corrected chi connectivity index (χ0v) is 35.9. The number of nitrogens with one attached hydrogen (secondary N) is 4. The summed E-state index contributed by atoms with van der Waals surface area (Å²) in [6.45, 7) is 8.25. The van der Waals surface area contributed by atoms with Crippen molar-refractivity contribution in [3.8, 4) is 22.3 Å². The van der Waals surface area contributed by atoms with E-state index in [9.17, 15) is 28.8 Å². The quantitative estimate of drug-likeness (QED) is 0.151. The highest BCUT2D eigenvalue weighted by Gasteiger charge is 2.42. The van der Waals surface area contributed by atoms with Gasteiger partial charge in [-0.15, -0.1) is 0 Å². The van der Waals surface area contributed by atoms with E-state index in [1.165, 1.54) is 36.5 Å². The van der Waals surface area contributed by atoms with Crippen LogP contribution in [0.1, 0.15) is 95.6 Å². The number of fused-ring (bicyclic) bond motifs is 5. The van der Waals surface area contributed by atoms with E-state index in [0.29, 0.717) is 62.0 Å². The second kappa shape index (κ2) is 18.4.